The average Bonchev–Trinajstić information content (AvgIpc) is 1.60. The second-order valence-corrected chi connectivity index (χ2v) is 2.97. The molecule has 0 radical (unpaired) electrons. The molecule has 0 bridgehead atoms. The maximum absolute atomic E-state index is 10.4. The second kappa shape index (κ2) is 2.38. The Morgan fingerprint density at radius 1 is 1.56 bits per heavy atom. The van der Waals surface area contributed by atoms with Gasteiger partial charge < -0.3 is 5.32 Å². The van der Waals surface area contributed by atoms with Crippen LogP contribution in [0.3, 0.4) is 0 Å². The molecule has 2 heteroatoms. The number of carbonyl (C=O) groups is 1. The molecule has 1 N–H and O–H groups in total. The molecular formula is C7H13NO. The maximum atomic E-state index is 10.4. The summed E-state index contributed by atoms with van der Waals surface area (Å²) in [5, 5.41) is 2.87. The summed E-state index contributed by atoms with van der Waals surface area (Å²) < 4.78 is 0. The fourth-order valence-electron chi connectivity index (χ4n) is 1.31. The van der Waals surface area contributed by atoms with E-state index in [-0.39, 0.29) is 5.91 Å². The van der Waals surface area contributed by atoms with Gasteiger partial charge in [0, 0.05) is 13.0 Å². The van der Waals surface area contributed by atoms with E-state index in [4.69, 9.17) is 0 Å². The Balaban J connectivity index is 2.11. The van der Waals surface area contributed by atoms with Crippen LogP contribution in [0.15, 0.2) is 0 Å². The van der Waals surface area contributed by atoms with Crippen LogP contribution in [-0.2, 0) is 4.79 Å². The van der Waals surface area contributed by atoms with E-state index in [0.29, 0.717) is 6.04 Å². The van der Waals surface area contributed by atoms with Crippen LogP contribution in [0.2, 0.25) is 0 Å². The topological polar surface area (TPSA) is 29.1 Å². The van der Waals surface area contributed by atoms with Gasteiger partial charge in [0.2, 0.25) is 5.91 Å². The Labute approximate surface area is 55.6 Å². The van der Waals surface area contributed by atoms with Crippen molar-refractivity contribution < 1.29 is 4.79 Å². The summed E-state index contributed by atoms with van der Waals surface area (Å²) in [7, 11) is 0. The van der Waals surface area contributed by atoms with Crippen LogP contribution in [0.4, 0.5) is 0 Å². The first kappa shape index (κ1) is 6.59. The lowest BCUT2D eigenvalue weighted by Crippen LogP contribution is -2.42. The first-order chi connectivity index (χ1) is 4.18. The zero-order valence-electron chi connectivity index (χ0n) is 5.98. The van der Waals surface area contributed by atoms with Crippen molar-refractivity contribution in [1.82, 2.24) is 5.32 Å². The molecule has 0 spiro atoms. The molecule has 0 saturated heterocycles. The fraction of sp³-hybridized carbons (Fsp3) is 0.857. The third-order valence-corrected chi connectivity index (χ3v) is 1.78. The Kier molecular flexibility index (Phi) is 1.74. The number of amides is 1. The third kappa shape index (κ3) is 1.70. The van der Waals surface area contributed by atoms with E-state index in [9.17, 15) is 4.79 Å². The van der Waals surface area contributed by atoms with Crippen molar-refractivity contribution in [3.05, 3.63) is 0 Å². The van der Waals surface area contributed by atoms with Crippen LogP contribution in [0.1, 0.15) is 26.7 Å². The molecule has 0 aromatic carbocycles. The molecule has 0 heterocycles. The number of nitrogens with one attached hydrogen (secondary N) is 1. The van der Waals surface area contributed by atoms with Gasteiger partial charge in [-0.3, -0.25) is 4.79 Å². The van der Waals surface area contributed by atoms with E-state index in [0.717, 1.165) is 5.92 Å². The van der Waals surface area contributed by atoms with Crippen molar-refractivity contribution in [2.24, 2.45) is 5.92 Å². The van der Waals surface area contributed by atoms with Crippen LogP contribution in [0.25, 0.3) is 0 Å². The summed E-state index contributed by atoms with van der Waals surface area (Å²) in [4.78, 5) is 10.4. The molecule has 1 aliphatic carbocycles. The Morgan fingerprint density at radius 2 is 2.11 bits per heavy atom. The Bertz CT molecular complexity index is 116. The number of rotatable bonds is 1. The summed E-state index contributed by atoms with van der Waals surface area (Å²) >= 11 is 0. The number of hydrogen-bond donors (Lipinski definition) is 1. The predicted molar refractivity (Wildman–Crippen MR) is 36.0 cm³/mol. The van der Waals surface area contributed by atoms with E-state index >= 15 is 0 Å². The van der Waals surface area contributed by atoms with Crippen molar-refractivity contribution >= 4 is 5.91 Å². The molecule has 1 saturated carbocycles. The van der Waals surface area contributed by atoms with Crippen molar-refractivity contribution in [2.45, 2.75) is 32.7 Å². The highest BCUT2D eigenvalue weighted by Crippen LogP contribution is 2.25. The van der Waals surface area contributed by atoms with Gasteiger partial charge in [0.1, 0.15) is 0 Å². The molecule has 9 heavy (non-hydrogen) atoms. The molecule has 2 nitrogen and oxygen atoms in total. The third-order valence-electron chi connectivity index (χ3n) is 1.78. The molecule has 1 aliphatic rings. The molecule has 1 rings (SSSR count). The molecule has 52 valence electrons. The summed E-state index contributed by atoms with van der Waals surface area (Å²) in [5.41, 5.74) is 0. The van der Waals surface area contributed by atoms with Crippen molar-refractivity contribution in [2.75, 3.05) is 0 Å². The normalized spacial score (nSPS) is 33.1. The minimum absolute atomic E-state index is 0.104. The van der Waals surface area contributed by atoms with Gasteiger partial charge >= 0.3 is 0 Å². The molecule has 0 unspecified atom stereocenters. The molecule has 0 aliphatic heterocycles. The summed E-state index contributed by atoms with van der Waals surface area (Å²) in [6.45, 7) is 3.78. The van der Waals surface area contributed by atoms with Crippen LogP contribution >= 0.6 is 0 Å². The van der Waals surface area contributed by atoms with E-state index < -0.39 is 0 Å². The van der Waals surface area contributed by atoms with Crippen LogP contribution in [0, 0.1) is 5.92 Å². The molecular weight excluding hydrogens is 114 g/mol. The lowest BCUT2D eigenvalue weighted by molar-refractivity contribution is -0.120. The van der Waals surface area contributed by atoms with Crippen LogP contribution in [-0.4, -0.2) is 11.9 Å². The first-order valence-corrected chi connectivity index (χ1v) is 3.45. The smallest absolute Gasteiger partial charge is 0.217 e. The minimum atomic E-state index is 0.104. The molecule has 0 aromatic heterocycles. The van der Waals surface area contributed by atoms with E-state index in [1.165, 1.54) is 12.8 Å². The van der Waals surface area contributed by atoms with Gasteiger partial charge in [-0.2, -0.15) is 0 Å². The predicted octanol–water partition coefficient (Wildman–Crippen LogP) is 0.921. The standard InChI is InChI=1S/C7H13NO/c1-5-3-7(4-5)8-6(2)9/h5,7H,3-4H2,1-2H3,(H,8,9)/t5-,7-. The summed E-state index contributed by atoms with van der Waals surface area (Å²) in [5.74, 6) is 0.925. The van der Waals surface area contributed by atoms with E-state index in [1.807, 2.05) is 0 Å². The van der Waals surface area contributed by atoms with E-state index in [1.54, 1.807) is 6.92 Å². The molecule has 0 atom stereocenters. The van der Waals surface area contributed by atoms with Gasteiger partial charge in [0.15, 0.2) is 0 Å². The van der Waals surface area contributed by atoms with Crippen molar-refractivity contribution in [1.29, 1.82) is 0 Å². The van der Waals surface area contributed by atoms with Gasteiger partial charge in [0.25, 0.3) is 0 Å². The molecule has 1 fully saturated rings. The SMILES string of the molecule is CC(=O)N[C@H]1C[C@H](C)C1. The Morgan fingerprint density at radius 3 is 2.44 bits per heavy atom. The van der Waals surface area contributed by atoms with Gasteiger partial charge in [-0.05, 0) is 18.8 Å². The monoisotopic (exact) mass is 127 g/mol. The Hall–Kier alpha value is -0.530. The zero-order chi connectivity index (χ0) is 6.85. The number of carbonyl (C=O) groups excluding carboxylic acids is 1. The van der Waals surface area contributed by atoms with Crippen LogP contribution < -0.4 is 5.32 Å². The van der Waals surface area contributed by atoms with Crippen molar-refractivity contribution in [3.8, 4) is 0 Å². The quantitative estimate of drug-likeness (QED) is 0.557. The minimum Gasteiger partial charge on any atom is -0.354 e. The lowest BCUT2D eigenvalue weighted by atomic mass is 9.82. The fourth-order valence-corrected chi connectivity index (χ4v) is 1.31. The highest BCUT2D eigenvalue weighted by atomic mass is 16.1. The van der Waals surface area contributed by atoms with Gasteiger partial charge in [-0.25, -0.2) is 0 Å². The highest BCUT2D eigenvalue weighted by Gasteiger charge is 2.25. The largest absolute Gasteiger partial charge is 0.354 e. The van der Waals surface area contributed by atoms with Gasteiger partial charge in [-0.1, -0.05) is 6.92 Å². The molecule has 1 amide bonds. The summed E-state index contributed by atoms with van der Waals surface area (Å²) in [6, 6.07) is 0.484. The summed E-state index contributed by atoms with van der Waals surface area (Å²) in [6.07, 6.45) is 2.33. The second-order valence-electron chi connectivity index (χ2n) is 2.97. The highest BCUT2D eigenvalue weighted by molar-refractivity contribution is 5.73. The number of hydrogen-bond acceptors (Lipinski definition) is 1. The van der Waals surface area contributed by atoms with E-state index in [2.05, 4.69) is 12.2 Å². The van der Waals surface area contributed by atoms with Crippen molar-refractivity contribution in [3.63, 3.8) is 0 Å². The van der Waals surface area contributed by atoms with Crippen LogP contribution in [0.5, 0.6) is 0 Å². The zero-order valence-corrected chi connectivity index (χ0v) is 5.98. The van der Waals surface area contributed by atoms with Gasteiger partial charge in [-0.15, -0.1) is 0 Å². The average molecular weight is 127 g/mol. The maximum Gasteiger partial charge on any atom is 0.217 e. The lowest BCUT2D eigenvalue weighted by Gasteiger charge is -2.32. The van der Waals surface area contributed by atoms with Gasteiger partial charge in [0.05, 0.1) is 0 Å². The first-order valence-electron chi connectivity index (χ1n) is 3.45. The molecule has 0 aromatic rings.